The molecule has 1 saturated carbocycles. The highest BCUT2D eigenvalue weighted by atomic mass is 35.5. The molecule has 1 aliphatic carbocycles. The van der Waals surface area contributed by atoms with Crippen LogP contribution < -0.4 is 5.32 Å². The maximum Gasteiger partial charge on any atom is 0.0741 e. The summed E-state index contributed by atoms with van der Waals surface area (Å²) in [6.45, 7) is 2.03. The van der Waals surface area contributed by atoms with Crippen molar-refractivity contribution in [2.45, 2.75) is 38.3 Å². The minimum Gasteiger partial charge on any atom is -0.391 e. The number of nitrogens with one attached hydrogen (secondary N) is 1. The number of halogens is 1. The van der Waals surface area contributed by atoms with Gasteiger partial charge in [-0.15, -0.1) is 0 Å². The minimum absolute atomic E-state index is 0.157. The predicted molar refractivity (Wildman–Crippen MR) is 63.5 cm³/mol. The van der Waals surface area contributed by atoms with Gasteiger partial charge in [-0.2, -0.15) is 0 Å². The Kier molecular flexibility index (Phi) is 3.17. The molecule has 2 atom stereocenters. The first-order chi connectivity index (χ1) is 7.16. The average molecular weight is 226 g/mol. The first-order valence-electron chi connectivity index (χ1n) is 5.37. The van der Waals surface area contributed by atoms with Crippen LogP contribution in [-0.2, 0) is 0 Å². The summed E-state index contributed by atoms with van der Waals surface area (Å²) in [4.78, 5) is 0. The van der Waals surface area contributed by atoms with Crippen LogP contribution in [0.5, 0.6) is 0 Å². The number of rotatable bonds is 2. The summed E-state index contributed by atoms with van der Waals surface area (Å²) in [5.41, 5.74) is 2.11. The smallest absolute Gasteiger partial charge is 0.0741 e. The number of aliphatic hydroxyl groups is 1. The molecule has 15 heavy (non-hydrogen) atoms. The van der Waals surface area contributed by atoms with Crippen molar-refractivity contribution in [3.8, 4) is 0 Å². The Morgan fingerprint density at radius 1 is 1.40 bits per heavy atom. The van der Waals surface area contributed by atoms with Crippen molar-refractivity contribution < 1.29 is 5.11 Å². The molecule has 2 nitrogen and oxygen atoms in total. The van der Waals surface area contributed by atoms with E-state index in [9.17, 15) is 5.11 Å². The van der Waals surface area contributed by atoms with E-state index in [1.165, 1.54) is 5.56 Å². The number of aliphatic hydroxyl groups excluding tert-OH is 1. The van der Waals surface area contributed by atoms with Gasteiger partial charge in [0.2, 0.25) is 0 Å². The minimum atomic E-state index is -0.235. The van der Waals surface area contributed by atoms with Crippen molar-refractivity contribution in [3.05, 3.63) is 28.8 Å². The van der Waals surface area contributed by atoms with E-state index in [4.69, 9.17) is 11.6 Å². The number of benzene rings is 1. The molecule has 0 aliphatic heterocycles. The first-order valence-corrected chi connectivity index (χ1v) is 5.75. The van der Waals surface area contributed by atoms with Gasteiger partial charge >= 0.3 is 0 Å². The van der Waals surface area contributed by atoms with Crippen molar-refractivity contribution >= 4 is 17.3 Å². The molecular weight excluding hydrogens is 210 g/mol. The highest BCUT2D eigenvalue weighted by Crippen LogP contribution is 2.28. The second kappa shape index (κ2) is 4.42. The normalized spacial score (nSPS) is 25.5. The zero-order valence-electron chi connectivity index (χ0n) is 8.83. The highest BCUT2D eigenvalue weighted by Gasteiger charge is 2.25. The van der Waals surface area contributed by atoms with Crippen LogP contribution in [0.15, 0.2) is 18.2 Å². The standard InChI is InChI=1S/C12H16ClNO/c1-8-5-6-9(13)11(7-8)14-10-3-2-4-12(10)15/h5-7,10,12,14-15H,2-4H2,1H3/t10-,12-/m1/s1. The molecule has 0 amide bonds. The molecule has 2 rings (SSSR count). The van der Waals surface area contributed by atoms with Gasteiger partial charge in [0.1, 0.15) is 0 Å². The van der Waals surface area contributed by atoms with Gasteiger partial charge in [0.05, 0.1) is 22.9 Å². The second-order valence-electron chi connectivity index (χ2n) is 4.23. The fourth-order valence-electron chi connectivity index (χ4n) is 2.06. The van der Waals surface area contributed by atoms with Crippen LogP contribution in [0.2, 0.25) is 5.02 Å². The van der Waals surface area contributed by atoms with Gasteiger partial charge in [-0.05, 0) is 43.9 Å². The van der Waals surface area contributed by atoms with E-state index >= 15 is 0 Å². The molecule has 0 unspecified atom stereocenters. The third-order valence-electron chi connectivity index (χ3n) is 2.94. The topological polar surface area (TPSA) is 32.3 Å². The molecule has 0 radical (unpaired) electrons. The third kappa shape index (κ3) is 2.44. The fourth-order valence-corrected chi connectivity index (χ4v) is 2.23. The molecule has 1 aromatic rings. The molecule has 2 N–H and O–H groups in total. The quantitative estimate of drug-likeness (QED) is 0.811. The maximum atomic E-state index is 9.70. The van der Waals surface area contributed by atoms with Crippen LogP contribution in [0.3, 0.4) is 0 Å². The predicted octanol–water partition coefficient (Wildman–Crippen LogP) is 2.97. The summed E-state index contributed by atoms with van der Waals surface area (Å²) < 4.78 is 0. The van der Waals surface area contributed by atoms with Crippen LogP contribution in [0.1, 0.15) is 24.8 Å². The van der Waals surface area contributed by atoms with Crippen molar-refractivity contribution in [1.82, 2.24) is 0 Å². The van der Waals surface area contributed by atoms with Crippen molar-refractivity contribution in [3.63, 3.8) is 0 Å². The lowest BCUT2D eigenvalue weighted by atomic mass is 10.1. The van der Waals surface area contributed by atoms with Crippen LogP contribution in [0, 0.1) is 6.92 Å². The SMILES string of the molecule is Cc1ccc(Cl)c(N[C@@H]2CCC[C@H]2O)c1. The largest absolute Gasteiger partial charge is 0.391 e. The zero-order valence-corrected chi connectivity index (χ0v) is 9.59. The van der Waals surface area contributed by atoms with Gasteiger partial charge in [0.15, 0.2) is 0 Å². The first kappa shape index (κ1) is 10.8. The highest BCUT2D eigenvalue weighted by molar-refractivity contribution is 6.33. The Hall–Kier alpha value is -0.730. The molecule has 0 heterocycles. The number of hydrogen-bond donors (Lipinski definition) is 2. The molecule has 1 aromatic carbocycles. The lowest BCUT2D eigenvalue weighted by molar-refractivity contribution is 0.172. The molecule has 3 heteroatoms. The Labute approximate surface area is 95.3 Å². The summed E-state index contributed by atoms with van der Waals surface area (Å²) in [7, 11) is 0. The van der Waals surface area contributed by atoms with Crippen LogP contribution >= 0.6 is 11.6 Å². The Bertz CT molecular complexity index is 353. The average Bonchev–Trinajstić information content (AvgIpc) is 2.58. The molecule has 0 aromatic heterocycles. The van der Waals surface area contributed by atoms with Crippen LogP contribution in [0.25, 0.3) is 0 Å². The summed E-state index contributed by atoms with van der Waals surface area (Å²) in [5, 5.41) is 13.7. The summed E-state index contributed by atoms with van der Waals surface area (Å²) in [6, 6.07) is 6.05. The van der Waals surface area contributed by atoms with Gasteiger partial charge in [-0.3, -0.25) is 0 Å². The van der Waals surface area contributed by atoms with Crippen LogP contribution in [-0.4, -0.2) is 17.3 Å². The zero-order chi connectivity index (χ0) is 10.8. The Balaban J connectivity index is 2.12. The molecule has 0 bridgehead atoms. The van der Waals surface area contributed by atoms with E-state index in [0.717, 1.165) is 30.0 Å². The maximum absolute atomic E-state index is 9.70. The second-order valence-corrected chi connectivity index (χ2v) is 4.64. The van der Waals surface area contributed by atoms with Crippen molar-refractivity contribution in [2.75, 3.05) is 5.32 Å². The fraction of sp³-hybridized carbons (Fsp3) is 0.500. The van der Waals surface area contributed by atoms with Crippen molar-refractivity contribution in [1.29, 1.82) is 0 Å². The Morgan fingerprint density at radius 2 is 2.20 bits per heavy atom. The van der Waals surface area contributed by atoms with Gasteiger partial charge < -0.3 is 10.4 Å². The summed E-state index contributed by atoms with van der Waals surface area (Å²) in [6.07, 6.45) is 2.76. The van der Waals surface area contributed by atoms with E-state index < -0.39 is 0 Å². The van der Waals surface area contributed by atoms with E-state index in [1.807, 2.05) is 25.1 Å². The number of hydrogen-bond acceptors (Lipinski definition) is 2. The van der Waals surface area contributed by atoms with Gasteiger partial charge in [0, 0.05) is 0 Å². The molecule has 0 spiro atoms. The molecular formula is C12H16ClNO. The molecule has 1 fully saturated rings. The molecule has 1 aliphatic rings. The summed E-state index contributed by atoms with van der Waals surface area (Å²) in [5.74, 6) is 0. The molecule has 82 valence electrons. The van der Waals surface area contributed by atoms with E-state index in [2.05, 4.69) is 5.32 Å². The van der Waals surface area contributed by atoms with E-state index in [-0.39, 0.29) is 12.1 Å². The van der Waals surface area contributed by atoms with Gasteiger partial charge in [-0.1, -0.05) is 17.7 Å². The number of anilines is 1. The van der Waals surface area contributed by atoms with E-state index in [1.54, 1.807) is 0 Å². The molecule has 0 saturated heterocycles. The van der Waals surface area contributed by atoms with Crippen molar-refractivity contribution in [2.24, 2.45) is 0 Å². The third-order valence-corrected chi connectivity index (χ3v) is 3.27. The monoisotopic (exact) mass is 225 g/mol. The summed E-state index contributed by atoms with van der Waals surface area (Å²) >= 11 is 6.08. The van der Waals surface area contributed by atoms with Crippen LogP contribution in [0.4, 0.5) is 5.69 Å². The van der Waals surface area contributed by atoms with E-state index in [0.29, 0.717) is 0 Å². The lowest BCUT2D eigenvalue weighted by Gasteiger charge is -2.19. The Morgan fingerprint density at radius 3 is 2.87 bits per heavy atom. The van der Waals surface area contributed by atoms with Gasteiger partial charge in [0.25, 0.3) is 0 Å². The lowest BCUT2D eigenvalue weighted by Crippen LogP contribution is -2.28. The van der Waals surface area contributed by atoms with Gasteiger partial charge in [-0.25, -0.2) is 0 Å². The number of aryl methyl sites for hydroxylation is 1.